The van der Waals surface area contributed by atoms with E-state index in [1.165, 1.54) is 17.8 Å². The Balaban J connectivity index is 1.36. The highest BCUT2D eigenvalue weighted by Crippen LogP contribution is 2.25. The van der Waals surface area contributed by atoms with Crippen molar-refractivity contribution in [2.45, 2.75) is 25.3 Å². The molecule has 1 aromatic heterocycles. The monoisotopic (exact) mass is 490 g/mol. The van der Waals surface area contributed by atoms with Gasteiger partial charge >= 0.3 is 0 Å². The minimum absolute atomic E-state index is 0.0796. The molecule has 2 aromatic rings. The van der Waals surface area contributed by atoms with Crippen LogP contribution >= 0.6 is 22.9 Å². The van der Waals surface area contributed by atoms with Crippen molar-refractivity contribution in [1.29, 1.82) is 0 Å². The Morgan fingerprint density at radius 1 is 1.18 bits per heavy atom. The molecule has 1 aliphatic heterocycles. The summed E-state index contributed by atoms with van der Waals surface area (Å²) in [6.07, 6.45) is 3.53. The Labute approximate surface area is 201 Å². The van der Waals surface area contributed by atoms with Gasteiger partial charge in [-0.15, -0.1) is 11.3 Å². The van der Waals surface area contributed by atoms with Crippen molar-refractivity contribution in [3.8, 4) is 0 Å². The zero-order chi connectivity index (χ0) is 23.2. The number of hydrogen-bond donors (Lipinski definition) is 3. The average molecular weight is 491 g/mol. The Morgan fingerprint density at radius 3 is 2.61 bits per heavy atom. The van der Waals surface area contributed by atoms with Crippen LogP contribution < -0.4 is 20.9 Å². The van der Waals surface area contributed by atoms with Gasteiger partial charge in [-0.3, -0.25) is 14.4 Å². The average Bonchev–Trinajstić information content (AvgIpc) is 3.22. The van der Waals surface area contributed by atoms with Crippen molar-refractivity contribution < 1.29 is 19.1 Å². The molecule has 1 aliphatic carbocycles. The molecule has 1 atom stereocenters. The third-order valence-electron chi connectivity index (χ3n) is 5.89. The number of nitrogens with zero attached hydrogens (tertiary/aromatic N) is 1. The predicted octanol–water partition coefficient (Wildman–Crippen LogP) is 2.89. The van der Waals surface area contributed by atoms with Crippen molar-refractivity contribution in [3.05, 3.63) is 45.6 Å². The lowest BCUT2D eigenvalue weighted by Gasteiger charge is -2.28. The Bertz CT molecular complexity index is 993. The van der Waals surface area contributed by atoms with E-state index >= 15 is 0 Å². The largest absolute Gasteiger partial charge is 0.370 e. The molecule has 1 saturated heterocycles. The highest BCUT2D eigenvalue weighted by molar-refractivity contribution is 7.18. The number of hydrogen-bond acceptors (Lipinski definition) is 6. The highest BCUT2D eigenvalue weighted by Gasteiger charge is 2.24. The third kappa shape index (κ3) is 6.32. The second-order valence-corrected chi connectivity index (χ2v) is 9.92. The molecule has 2 heterocycles. The van der Waals surface area contributed by atoms with Gasteiger partial charge in [0.1, 0.15) is 12.6 Å². The number of morpholine rings is 1. The van der Waals surface area contributed by atoms with Gasteiger partial charge in [-0.05, 0) is 61.7 Å². The fourth-order valence-electron chi connectivity index (χ4n) is 3.73. The van der Waals surface area contributed by atoms with Crippen LogP contribution in [0.1, 0.15) is 28.9 Å². The molecule has 3 N–H and O–H groups in total. The first kappa shape index (κ1) is 23.7. The van der Waals surface area contributed by atoms with Crippen LogP contribution in [0.25, 0.3) is 0 Å². The normalized spacial score (nSPS) is 17.4. The van der Waals surface area contributed by atoms with Gasteiger partial charge in [-0.1, -0.05) is 18.0 Å². The molecule has 0 spiro atoms. The summed E-state index contributed by atoms with van der Waals surface area (Å²) in [5.41, 5.74) is 1.39. The minimum Gasteiger partial charge on any atom is -0.370 e. The first-order valence-electron chi connectivity index (χ1n) is 11.1. The van der Waals surface area contributed by atoms with Gasteiger partial charge in [-0.25, -0.2) is 0 Å². The summed E-state index contributed by atoms with van der Waals surface area (Å²) in [7, 11) is 0. The molecule has 0 unspecified atom stereocenters. The summed E-state index contributed by atoms with van der Waals surface area (Å²) in [5.74, 6) is 0.00206. The minimum atomic E-state index is -0.578. The van der Waals surface area contributed by atoms with Crippen LogP contribution in [-0.4, -0.2) is 56.6 Å². The van der Waals surface area contributed by atoms with Crippen molar-refractivity contribution in [1.82, 2.24) is 10.6 Å². The van der Waals surface area contributed by atoms with Crippen LogP contribution in [0.5, 0.6) is 0 Å². The molecule has 10 heteroatoms. The third-order valence-corrected chi connectivity index (χ3v) is 7.12. The van der Waals surface area contributed by atoms with Crippen LogP contribution in [0.3, 0.4) is 0 Å². The van der Waals surface area contributed by atoms with Gasteiger partial charge in [0.2, 0.25) is 5.91 Å². The van der Waals surface area contributed by atoms with Gasteiger partial charge < -0.3 is 25.6 Å². The number of amides is 3. The molecule has 8 nitrogen and oxygen atoms in total. The molecule has 1 saturated carbocycles. The van der Waals surface area contributed by atoms with E-state index in [0.29, 0.717) is 34.0 Å². The number of nitrogens with one attached hydrogen (secondary N) is 3. The standard InChI is InChI=1S/C23H27ClN4O4S/c24-20-9-8-19(33-20)23(31)26-13-18(25-12-15-2-1-3-15)22(30)27-16-4-6-17(7-5-16)28-10-11-32-14-21(28)29/h4-9,15,18,25H,1-3,10-14H2,(H,26,31)(H,27,30)/t18-/m0/s1. The number of ether oxygens (including phenoxy) is 1. The van der Waals surface area contributed by atoms with Crippen molar-refractivity contribution >= 4 is 52.0 Å². The molecule has 176 valence electrons. The topological polar surface area (TPSA) is 99.8 Å². The maximum atomic E-state index is 13.0. The SMILES string of the molecule is O=C(NC[C@H](NCC1CCC1)C(=O)Nc1ccc(N2CCOCC2=O)cc1)c1ccc(Cl)s1. The molecule has 3 amide bonds. The number of thiophene rings is 1. The number of carbonyl (C=O) groups is 3. The van der Waals surface area contributed by atoms with E-state index in [-0.39, 0.29) is 30.9 Å². The number of carbonyl (C=O) groups excluding carboxylic acids is 3. The van der Waals surface area contributed by atoms with Crippen molar-refractivity contribution in [2.24, 2.45) is 5.92 Å². The number of rotatable bonds is 9. The van der Waals surface area contributed by atoms with Gasteiger partial charge in [0.15, 0.2) is 0 Å². The summed E-state index contributed by atoms with van der Waals surface area (Å²) in [6.45, 7) is 1.98. The van der Waals surface area contributed by atoms with Crippen molar-refractivity contribution in [2.75, 3.05) is 43.1 Å². The van der Waals surface area contributed by atoms with E-state index in [9.17, 15) is 14.4 Å². The maximum Gasteiger partial charge on any atom is 0.261 e. The van der Waals surface area contributed by atoms with Crippen LogP contribution in [-0.2, 0) is 14.3 Å². The zero-order valence-electron chi connectivity index (χ0n) is 18.1. The van der Waals surface area contributed by atoms with E-state index in [2.05, 4.69) is 16.0 Å². The fraction of sp³-hybridized carbons (Fsp3) is 0.435. The number of halogens is 1. The van der Waals surface area contributed by atoms with E-state index in [1.807, 2.05) is 0 Å². The summed E-state index contributed by atoms with van der Waals surface area (Å²) < 4.78 is 5.71. The van der Waals surface area contributed by atoms with Gasteiger partial charge in [0, 0.05) is 24.5 Å². The summed E-state index contributed by atoms with van der Waals surface area (Å²) >= 11 is 7.12. The lowest BCUT2D eigenvalue weighted by Crippen LogP contribution is -2.50. The van der Waals surface area contributed by atoms with Crippen LogP contribution in [0, 0.1) is 5.92 Å². The smallest absolute Gasteiger partial charge is 0.261 e. The molecule has 0 radical (unpaired) electrons. The van der Waals surface area contributed by atoms with Crippen LogP contribution in [0.4, 0.5) is 11.4 Å². The molecule has 33 heavy (non-hydrogen) atoms. The second kappa shape index (κ2) is 11.1. The molecular formula is C23H27ClN4O4S. The Kier molecular flexibility index (Phi) is 7.97. The predicted molar refractivity (Wildman–Crippen MR) is 129 cm³/mol. The van der Waals surface area contributed by atoms with E-state index < -0.39 is 6.04 Å². The van der Waals surface area contributed by atoms with Gasteiger partial charge in [0.05, 0.1) is 15.8 Å². The first-order valence-corrected chi connectivity index (χ1v) is 12.2. The molecule has 2 fully saturated rings. The second-order valence-electron chi connectivity index (χ2n) is 8.21. The molecule has 4 rings (SSSR count). The maximum absolute atomic E-state index is 13.0. The summed E-state index contributed by atoms with van der Waals surface area (Å²) in [5, 5.41) is 9.05. The number of benzene rings is 1. The summed E-state index contributed by atoms with van der Waals surface area (Å²) in [6, 6.07) is 9.91. The van der Waals surface area contributed by atoms with Gasteiger partial charge in [-0.2, -0.15) is 0 Å². The highest BCUT2D eigenvalue weighted by atomic mass is 35.5. The zero-order valence-corrected chi connectivity index (χ0v) is 19.7. The Hall–Kier alpha value is -2.46. The fourth-order valence-corrected chi connectivity index (χ4v) is 4.69. The van der Waals surface area contributed by atoms with E-state index in [0.717, 1.165) is 25.1 Å². The molecule has 1 aromatic carbocycles. The Morgan fingerprint density at radius 2 is 1.97 bits per heavy atom. The number of anilines is 2. The van der Waals surface area contributed by atoms with Crippen LogP contribution in [0.2, 0.25) is 4.34 Å². The van der Waals surface area contributed by atoms with Crippen LogP contribution in [0.15, 0.2) is 36.4 Å². The first-order chi connectivity index (χ1) is 16.0. The quantitative estimate of drug-likeness (QED) is 0.502. The lowest BCUT2D eigenvalue weighted by atomic mass is 9.85. The molecule has 0 bridgehead atoms. The van der Waals surface area contributed by atoms with Crippen molar-refractivity contribution in [3.63, 3.8) is 0 Å². The summed E-state index contributed by atoms with van der Waals surface area (Å²) in [4.78, 5) is 39.6. The molecule has 2 aliphatic rings. The van der Waals surface area contributed by atoms with E-state index in [1.54, 1.807) is 41.3 Å². The molecular weight excluding hydrogens is 464 g/mol. The van der Waals surface area contributed by atoms with E-state index in [4.69, 9.17) is 16.3 Å². The lowest BCUT2D eigenvalue weighted by molar-refractivity contribution is -0.125. The van der Waals surface area contributed by atoms with Gasteiger partial charge in [0.25, 0.3) is 11.8 Å².